The predicted octanol–water partition coefficient (Wildman–Crippen LogP) is 1.99. The van der Waals surface area contributed by atoms with Crippen molar-refractivity contribution in [2.45, 2.75) is 6.54 Å². The second kappa shape index (κ2) is 5.07. The number of pyridine rings is 1. The molecule has 1 aliphatic heterocycles. The molecule has 0 unspecified atom stereocenters. The van der Waals surface area contributed by atoms with Crippen LogP contribution in [0.5, 0.6) is 11.5 Å². The Morgan fingerprint density at radius 1 is 1.23 bits per heavy atom. The second-order valence-corrected chi connectivity index (χ2v) is 4.98. The SMILES string of the molecule is O=C(NCc1ccc2c(c1)OCO2)c1ccc2nccn2c1. The molecule has 1 aromatic carbocycles. The molecule has 0 spiro atoms. The first-order valence-corrected chi connectivity index (χ1v) is 6.89. The van der Waals surface area contributed by atoms with Crippen molar-refractivity contribution in [1.82, 2.24) is 14.7 Å². The molecule has 2 aromatic heterocycles. The van der Waals surface area contributed by atoms with Crippen molar-refractivity contribution in [2.75, 3.05) is 6.79 Å². The van der Waals surface area contributed by atoms with Crippen molar-refractivity contribution in [3.63, 3.8) is 0 Å². The highest BCUT2D eigenvalue weighted by Gasteiger charge is 2.13. The molecule has 3 heterocycles. The molecular weight excluding hydrogens is 282 g/mol. The van der Waals surface area contributed by atoms with Gasteiger partial charge in [-0.1, -0.05) is 6.07 Å². The first-order valence-electron chi connectivity index (χ1n) is 6.89. The summed E-state index contributed by atoms with van der Waals surface area (Å²) in [5, 5.41) is 2.89. The fourth-order valence-corrected chi connectivity index (χ4v) is 2.39. The Labute approximate surface area is 126 Å². The van der Waals surface area contributed by atoms with Crippen molar-refractivity contribution in [3.8, 4) is 11.5 Å². The summed E-state index contributed by atoms with van der Waals surface area (Å²) < 4.78 is 12.4. The fraction of sp³-hybridized carbons (Fsp3) is 0.125. The van der Waals surface area contributed by atoms with Gasteiger partial charge < -0.3 is 19.2 Å². The smallest absolute Gasteiger partial charge is 0.253 e. The third kappa shape index (κ3) is 2.24. The van der Waals surface area contributed by atoms with Gasteiger partial charge in [0.2, 0.25) is 6.79 Å². The summed E-state index contributed by atoms with van der Waals surface area (Å²) in [7, 11) is 0. The Morgan fingerprint density at radius 3 is 3.09 bits per heavy atom. The number of imidazole rings is 1. The van der Waals surface area contributed by atoms with E-state index in [1.807, 2.05) is 34.9 Å². The number of aromatic nitrogens is 2. The molecule has 1 aliphatic rings. The maximum absolute atomic E-state index is 12.2. The van der Waals surface area contributed by atoms with Crippen molar-refractivity contribution >= 4 is 11.6 Å². The molecule has 0 atom stereocenters. The largest absolute Gasteiger partial charge is 0.454 e. The summed E-state index contributed by atoms with van der Waals surface area (Å²) >= 11 is 0. The molecule has 6 nitrogen and oxygen atoms in total. The molecule has 0 radical (unpaired) electrons. The van der Waals surface area contributed by atoms with Gasteiger partial charge >= 0.3 is 0 Å². The number of fused-ring (bicyclic) bond motifs is 2. The quantitative estimate of drug-likeness (QED) is 0.802. The molecule has 0 saturated heterocycles. The lowest BCUT2D eigenvalue weighted by atomic mass is 10.2. The molecular formula is C16H13N3O3. The zero-order chi connectivity index (χ0) is 14.9. The zero-order valence-corrected chi connectivity index (χ0v) is 11.7. The van der Waals surface area contributed by atoms with Crippen LogP contribution in [0.1, 0.15) is 15.9 Å². The van der Waals surface area contributed by atoms with Crippen molar-refractivity contribution in [3.05, 3.63) is 60.0 Å². The molecule has 1 amide bonds. The normalized spacial score (nSPS) is 12.5. The van der Waals surface area contributed by atoms with E-state index in [1.54, 1.807) is 18.5 Å². The predicted molar refractivity (Wildman–Crippen MR) is 78.9 cm³/mol. The lowest BCUT2D eigenvalue weighted by molar-refractivity contribution is 0.0950. The Balaban J connectivity index is 1.47. The zero-order valence-electron chi connectivity index (χ0n) is 11.7. The van der Waals surface area contributed by atoms with Gasteiger partial charge in [-0.25, -0.2) is 4.98 Å². The molecule has 1 N–H and O–H groups in total. The van der Waals surface area contributed by atoms with E-state index in [9.17, 15) is 4.79 Å². The monoisotopic (exact) mass is 295 g/mol. The van der Waals surface area contributed by atoms with E-state index < -0.39 is 0 Å². The van der Waals surface area contributed by atoms with E-state index in [0.717, 1.165) is 17.0 Å². The van der Waals surface area contributed by atoms with Crippen LogP contribution in [0.2, 0.25) is 0 Å². The summed E-state index contributed by atoms with van der Waals surface area (Å²) in [6.45, 7) is 0.674. The molecule has 22 heavy (non-hydrogen) atoms. The van der Waals surface area contributed by atoms with Crippen LogP contribution >= 0.6 is 0 Å². The van der Waals surface area contributed by atoms with Crippen molar-refractivity contribution < 1.29 is 14.3 Å². The van der Waals surface area contributed by atoms with Gasteiger partial charge in [-0.2, -0.15) is 0 Å². The summed E-state index contributed by atoms with van der Waals surface area (Å²) in [6, 6.07) is 9.21. The average Bonchev–Trinajstić information content (AvgIpc) is 3.19. The van der Waals surface area contributed by atoms with Gasteiger partial charge in [0.25, 0.3) is 5.91 Å². The number of rotatable bonds is 3. The molecule has 4 rings (SSSR count). The molecule has 110 valence electrons. The first kappa shape index (κ1) is 12.7. The van der Waals surface area contributed by atoms with Crippen LogP contribution in [0.25, 0.3) is 5.65 Å². The van der Waals surface area contributed by atoms with Gasteiger partial charge in [0.05, 0.1) is 5.56 Å². The van der Waals surface area contributed by atoms with Crippen molar-refractivity contribution in [2.24, 2.45) is 0 Å². The molecule has 0 aliphatic carbocycles. The Kier molecular flexibility index (Phi) is 2.93. The third-order valence-electron chi connectivity index (χ3n) is 3.54. The minimum absolute atomic E-state index is 0.131. The standard InChI is InChI=1S/C16H13N3O3/c20-16(12-2-4-15-17-5-6-19(15)9-12)18-8-11-1-3-13-14(7-11)22-10-21-13/h1-7,9H,8,10H2,(H,18,20). The Hall–Kier alpha value is -3.02. The minimum Gasteiger partial charge on any atom is -0.454 e. The second-order valence-electron chi connectivity index (χ2n) is 4.98. The van der Waals surface area contributed by atoms with Crippen LogP contribution in [0.4, 0.5) is 0 Å². The highest BCUT2D eigenvalue weighted by atomic mass is 16.7. The highest BCUT2D eigenvalue weighted by Crippen LogP contribution is 2.32. The van der Waals surface area contributed by atoms with Gasteiger partial charge in [-0.05, 0) is 29.8 Å². The molecule has 6 heteroatoms. The lowest BCUT2D eigenvalue weighted by Gasteiger charge is -2.07. The van der Waals surface area contributed by atoms with Crippen LogP contribution in [0.3, 0.4) is 0 Å². The van der Waals surface area contributed by atoms with E-state index >= 15 is 0 Å². The lowest BCUT2D eigenvalue weighted by Crippen LogP contribution is -2.23. The minimum atomic E-state index is -0.131. The van der Waals surface area contributed by atoms with Gasteiger partial charge in [0.1, 0.15) is 5.65 Å². The number of hydrogen-bond acceptors (Lipinski definition) is 4. The Bertz CT molecular complexity index is 857. The summed E-state index contributed by atoms with van der Waals surface area (Å²) in [5.74, 6) is 1.32. The number of amides is 1. The van der Waals surface area contributed by atoms with Crippen LogP contribution in [0, 0.1) is 0 Å². The van der Waals surface area contributed by atoms with Gasteiger partial charge in [0, 0.05) is 25.1 Å². The number of nitrogens with zero attached hydrogens (tertiary/aromatic N) is 2. The topological polar surface area (TPSA) is 64.9 Å². The number of hydrogen-bond donors (Lipinski definition) is 1. The fourth-order valence-electron chi connectivity index (χ4n) is 2.39. The molecule has 0 saturated carbocycles. The first-order chi connectivity index (χ1) is 10.8. The average molecular weight is 295 g/mol. The van der Waals surface area contributed by atoms with Gasteiger partial charge in [-0.15, -0.1) is 0 Å². The van der Waals surface area contributed by atoms with Gasteiger partial charge in [-0.3, -0.25) is 4.79 Å². The highest BCUT2D eigenvalue weighted by molar-refractivity contribution is 5.94. The number of carbonyl (C=O) groups is 1. The van der Waals surface area contributed by atoms with Crippen LogP contribution < -0.4 is 14.8 Å². The third-order valence-corrected chi connectivity index (χ3v) is 3.54. The number of carbonyl (C=O) groups excluding carboxylic acids is 1. The number of nitrogens with one attached hydrogen (secondary N) is 1. The Morgan fingerprint density at radius 2 is 2.14 bits per heavy atom. The van der Waals surface area contributed by atoms with Crippen molar-refractivity contribution in [1.29, 1.82) is 0 Å². The van der Waals surface area contributed by atoms with Crippen LogP contribution in [-0.2, 0) is 6.54 Å². The number of ether oxygens (including phenoxy) is 2. The van der Waals surface area contributed by atoms with E-state index in [4.69, 9.17) is 9.47 Å². The summed E-state index contributed by atoms with van der Waals surface area (Å²) in [4.78, 5) is 16.4. The number of benzene rings is 1. The summed E-state index contributed by atoms with van der Waals surface area (Å²) in [5.41, 5.74) is 2.36. The van der Waals surface area contributed by atoms with E-state index in [2.05, 4.69) is 10.3 Å². The van der Waals surface area contributed by atoms with Crippen LogP contribution in [0.15, 0.2) is 48.9 Å². The molecule has 0 fully saturated rings. The summed E-state index contributed by atoms with van der Waals surface area (Å²) in [6.07, 6.45) is 5.27. The van der Waals surface area contributed by atoms with E-state index in [-0.39, 0.29) is 12.7 Å². The van der Waals surface area contributed by atoms with Crippen LogP contribution in [-0.4, -0.2) is 22.1 Å². The van der Waals surface area contributed by atoms with E-state index in [1.165, 1.54) is 0 Å². The van der Waals surface area contributed by atoms with E-state index in [0.29, 0.717) is 17.9 Å². The molecule has 0 bridgehead atoms. The molecule has 3 aromatic rings. The maximum atomic E-state index is 12.2. The van der Waals surface area contributed by atoms with Gasteiger partial charge in [0.15, 0.2) is 11.5 Å². The maximum Gasteiger partial charge on any atom is 0.253 e.